The quantitative estimate of drug-likeness (QED) is 0.672. The minimum atomic E-state index is -2.74. The molecule has 12 heavy (non-hydrogen) atoms. The molecule has 0 aromatic heterocycles. The lowest BCUT2D eigenvalue weighted by molar-refractivity contribution is -0.124. The maximum atomic E-state index is 12.5. The molecule has 1 rings (SSSR count). The number of alkyl halides is 2. The molecule has 5 heteroatoms. The molecular formula is C7H11F2NO2. The fourth-order valence-electron chi connectivity index (χ4n) is 1.19. The van der Waals surface area contributed by atoms with Crippen molar-refractivity contribution in [3.63, 3.8) is 0 Å². The van der Waals surface area contributed by atoms with Crippen LogP contribution in [-0.2, 0) is 9.53 Å². The Balaban J connectivity index is 2.41. The van der Waals surface area contributed by atoms with Gasteiger partial charge >= 0.3 is 0 Å². The van der Waals surface area contributed by atoms with Crippen LogP contribution in [0, 0.1) is 0 Å². The number of ketones is 1. The van der Waals surface area contributed by atoms with Gasteiger partial charge < -0.3 is 10.1 Å². The second-order valence-corrected chi connectivity index (χ2v) is 2.89. The Kier molecular flexibility index (Phi) is 2.74. The fraction of sp³-hybridized carbons (Fsp3) is 0.857. The Hall–Kier alpha value is -0.550. The Bertz CT molecular complexity index is 184. The molecule has 0 bridgehead atoms. The van der Waals surface area contributed by atoms with E-state index in [1.165, 1.54) is 7.11 Å². The molecule has 3 nitrogen and oxygen atoms in total. The van der Waals surface area contributed by atoms with Gasteiger partial charge in [0.2, 0.25) is 0 Å². The van der Waals surface area contributed by atoms with Crippen molar-refractivity contribution in [1.82, 2.24) is 5.32 Å². The van der Waals surface area contributed by atoms with Crippen LogP contribution in [0.4, 0.5) is 8.78 Å². The van der Waals surface area contributed by atoms with Gasteiger partial charge in [-0.25, -0.2) is 8.78 Å². The Morgan fingerprint density at radius 1 is 1.75 bits per heavy atom. The topological polar surface area (TPSA) is 38.3 Å². The molecule has 1 saturated heterocycles. The molecule has 70 valence electrons. The predicted octanol–water partition coefficient (Wildman–Crippen LogP) is 0.199. The van der Waals surface area contributed by atoms with E-state index in [2.05, 4.69) is 10.1 Å². The van der Waals surface area contributed by atoms with Gasteiger partial charge in [-0.05, 0) is 0 Å². The van der Waals surface area contributed by atoms with Crippen molar-refractivity contribution in [1.29, 1.82) is 0 Å². The van der Waals surface area contributed by atoms with Gasteiger partial charge in [0.15, 0.2) is 5.78 Å². The van der Waals surface area contributed by atoms with Crippen molar-refractivity contribution in [2.24, 2.45) is 0 Å². The summed E-state index contributed by atoms with van der Waals surface area (Å²) >= 11 is 0. The third-order valence-corrected chi connectivity index (χ3v) is 1.79. The lowest BCUT2D eigenvalue weighted by Crippen LogP contribution is -2.33. The first-order valence-corrected chi connectivity index (χ1v) is 3.68. The molecule has 0 radical (unpaired) electrons. The van der Waals surface area contributed by atoms with Gasteiger partial charge in [-0.15, -0.1) is 0 Å². The minimum Gasteiger partial charge on any atom is -0.377 e. The lowest BCUT2D eigenvalue weighted by Gasteiger charge is -2.07. The summed E-state index contributed by atoms with van der Waals surface area (Å²) in [6.45, 7) is -0.513. The molecule has 0 aromatic carbocycles. The third kappa shape index (κ3) is 2.22. The van der Waals surface area contributed by atoms with Crippen molar-refractivity contribution in [3.8, 4) is 0 Å². The van der Waals surface area contributed by atoms with Crippen molar-refractivity contribution < 1.29 is 18.3 Å². The monoisotopic (exact) mass is 179 g/mol. The van der Waals surface area contributed by atoms with E-state index < -0.39 is 24.9 Å². The molecule has 1 aliphatic heterocycles. The summed E-state index contributed by atoms with van der Waals surface area (Å²) in [5.74, 6) is -3.05. The average Bonchev–Trinajstić information content (AvgIpc) is 2.31. The number of hydrogen-bond acceptors (Lipinski definition) is 3. The number of carbonyl (C=O) groups excluding carboxylic acids is 1. The molecule has 1 fully saturated rings. The van der Waals surface area contributed by atoms with E-state index >= 15 is 0 Å². The number of rotatable bonds is 3. The van der Waals surface area contributed by atoms with Gasteiger partial charge in [-0.2, -0.15) is 0 Å². The number of nitrogens with one attached hydrogen (secondary N) is 1. The van der Waals surface area contributed by atoms with E-state index in [0.717, 1.165) is 0 Å². The maximum absolute atomic E-state index is 12.5. The van der Waals surface area contributed by atoms with E-state index in [-0.39, 0.29) is 12.4 Å². The smallest absolute Gasteiger partial charge is 0.262 e. The Morgan fingerprint density at radius 3 is 2.83 bits per heavy atom. The first-order chi connectivity index (χ1) is 5.55. The van der Waals surface area contributed by atoms with Crippen LogP contribution < -0.4 is 5.32 Å². The summed E-state index contributed by atoms with van der Waals surface area (Å²) in [5.41, 5.74) is 0. The van der Waals surface area contributed by atoms with Gasteiger partial charge in [0.1, 0.15) is 6.61 Å². The zero-order chi connectivity index (χ0) is 9.19. The summed E-state index contributed by atoms with van der Waals surface area (Å²) in [4.78, 5) is 11.0. The highest BCUT2D eigenvalue weighted by atomic mass is 19.3. The van der Waals surface area contributed by atoms with E-state index in [4.69, 9.17) is 0 Å². The summed E-state index contributed by atoms with van der Waals surface area (Å²) < 4.78 is 29.6. The van der Waals surface area contributed by atoms with Crippen LogP contribution >= 0.6 is 0 Å². The second kappa shape index (κ2) is 3.45. The number of methoxy groups -OCH3 is 1. The molecule has 0 saturated carbocycles. The summed E-state index contributed by atoms with van der Waals surface area (Å²) in [6, 6.07) is -0.736. The van der Waals surface area contributed by atoms with E-state index in [0.29, 0.717) is 0 Å². The molecular weight excluding hydrogens is 168 g/mol. The molecule has 1 atom stereocenters. The van der Waals surface area contributed by atoms with Crippen LogP contribution in [0.15, 0.2) is 0 Å². The number of halogens is 2. The van der Waals surface area contributed by atoms with Gasteiger partial charge in [-0.1, -0.05) is 0 Å². The second-order valence-electron chi connectivity index (χ2n) is 2.89. The third-order valence-electron chi connectivity index (χ3n) is 1.79. The summed E-state index contributed by atoms with van der Waals surface area (Å²) in [6.07, 6.45) is -0.408. The highest BCUT2D eigenvalue weighted by molar-refractivity contribution is 5.85. The fourth-order valence-corrected chi connectivity index (χ4v) is 1.19. The highest BCUT2D eigenvalue weighted by Gasteiger charge is 2.41. The largest absolute Gasteiger partial charge is 0.377 e. The van der Waals surface area contributed by atoms with E-state index in [1.54, 1.807) is 0 Å². The van der Waals surface area contributed by atoms with Gasteiger partial charge in [0.05, 0.1) is 12.6 Å². The molecule has 1 aliphatic rings. The summed E-state index contributed by atoms with van der Waals surface area (Å²) in [7, 11) is 1.37. The molecule has 1 heterocycles. The maximum Gasteiger partial charge on any atom is 0.262 e. The number of Topliss-reactive ketones (excluding diaryl/α,β-unsaturated/α-hetero) is 1. The molecule has 1 N–H and O–H groups in total. The van der Waals surface area contributed by atoms with Crippen LogP contribution in [0.5, 0.6) is 0 Å². The van der Waals surface area contributed by atoms with Gasteiger partial charge in [0, 0.05) is 13.5 Å². The van der Waals surface area contributed by atoms with Crippen molar-refractivity contribution >= 4 is 5.78 Å². The molecule has 0 spiro atoms. The van der Waals surface area contributed by atoms with E-state index in [9.17, 15) is 13.6 Å². The minimum absolute atomic E-state index is 0.103. The van der Waals surface area contributed by atoms with Crippen LogP contribution in [0.25, 0.3) is 0 Å². The normalized spacial score (nSPS) is 27.4. The predicted molar refractivity (Wildman–Crippen MR) is 38.2 cm³/mol. The van der Waals surface area contributed by atoms with Crippen LogP contribution in [0.2, 0.25) is 0 Å². The zero-order valence-corrected chi connectivity index (χ0v) is 6.77. The first kappa shape index (κ1) is 9.54. The number of hydrogen-bond donors (Lipinski definition) is 1. The molecule has 0 amide bonds. The van der Waals surface area contributed by atoms with Crippen molar-refractivity contribution in [3.05, 3.63) is 0 Å². The molecule has 0 aliphatic carbocycles. The molecule has 0 unspecified atom stereocenters. The highest BCUT2D eigenvalue weighted by Crippen LogP contribution is 2.25. The molecule has 0 aromatic rings. The first-order valence-electron chi connectivity index (χ1n) is 3.68. The average molecular weight is 179 g/mol. The van der Waals surface area contributed by atoms with E-state index in [1.807, 2.05) is 0 Å². The van der Waals surface area contributed by atoms with Crippen LogP contribution in [0.3, 0.4) is 0 Å². The number of ether oxygens (including phenoxy) is 1. The number of carbonyl (C=O) groups is 1. The van der Waals surface area contributed by atoms with Crippen LogP contribution in [-0.4, -0.2) is 38.0 Å². The van der Waals surface area contributed by atoms with Gasteiger partial charge in [-0.3, -0.25) is 4.79 Å². The zero-order valence-electron chi connectivity index (χ0n) is 6.77. The lowest BCUT2D eigenvalue weighted by atomic mass is 10.1. The summed E-state index contributed by atoms with van der Waals surface area (Å²) in [5, 5.41) is 2.45. The standard InChI is InChI=1S/C7H11F2NO2/c1-12-3-6(11)5-2-7(8,9)4-10-5/h5,10H,2-4H2,1H3/t5-/m1/s1. The Morgan fingerprint density at radius 2 is 2.42 bits per heavy atom. The van der Waals surface area contributed by atoms with Crippen molar-refractivity contribution in [2.45, 2.75) is 18.4 Å². The van der Waals surface area contributed by atoms with Gasteiger partial charge in [0.25, 0.3) is 5.92 Å². The SMILES string of the molecule is COCC(=O)[C@H]1CC(F)(F)CN1. The Labute approximate surface area is 69.1 Å². The van der Waals surface area contributed by atoms with Crippen LogP contribution in [0.1, 0.15) is 6.42 Å². The van der Waals surface area contributed by atoms with Crippen molar-refractivity contribution in [2.75, 3.05) is 20.3 Å².